The summed E-state index contributed by atoms with van der Waals surface area (Å²) < 4.78 is 30.2. The van der Waals surface area contributed by atoms with E-state index in [0.29, 0.717) is 5.56 Å². The van der Waals surface area contributed by atoms with Crippen LogP contribution in [0.2, 0.25) is 0 Å². The van der Waals surface area contributed by atoms with Crippen molar-refractivity contribution in [3.63, 3.8) is 0 Å². The molecule has 0 saturated heterocycles. The summed E-state index contributed by atoms with van der Waals surface area (Å²) in [5.74, 6) is -1.43. The number of ether oxygens (including phenoxy) is 1. The van der Waals surface area contributed by atoms with Gasteiger partial charge in [-0.3, -0.25) is 4.79 Å². The summed E-state index contributed by atoms with van der Waals surface area (Å²) >= 11 is 0. The van der Waals surface area contributed by atoms with Gasteiger partial charge < -0.3 is 9.84 Å². The van der Waals surface area contributed by atoms with Crippen molar-refractivity contribution in [1.82, 2.24) is 0 Å². The van der Waals surface area contributed by atoms with Crippen molar-refractivity contribution in [1.29, 1.82) is 0 Å². The Morgan fingerprint density at radius 2 is 2.12 bits per heavy atom. The van der Waals surface area contributed by atoms with Gasteiger partial charge in [-0.2, -0.15) is 0 Å². The first-order valence-electron chi connectivity index (χ1n) is 5.13. The zero-order valence-corrected chi connectivity index (χ0v) is 9.61. The maximum atomic E-state index is 12.7. The molecule has 1 atom stereocenters. The predicted octanol–water partition coefficient (Wildman–Crippen LogP) is 2.90. The highest BCUT2D eigenvalue weighted by atomic mass is 19.3. The first-order valence-corrected chi connectivity index (χ1v) is 5.13. The number of methoxy groups -OCH3 is 1. The number of hydrogen-bond donors (Lipinski definition) is 1. The van der Waals surface area contributed by atoms with Gasteiger partial charge in [-0.15, -0.1) is 0 Å². The van der Waals surface area contributed by atoms with Crippen molar-refractivity contribution in [2.45, 2.75) is 19.8 Å². The number of benzene rings is 1. The molecule has 5 heteroatoms. The first-order chi connectivity index (χ1) is 7.95. The zero-order valence-electron chi connectivity index (χ0n) is 9.61. The van der Waals surface area contributed by atoms with Crippen LogP contribution >= 0.6 is 0 Å². The molecule has 1 rings (SSSR count). The Hall–Kier alpha value is -1.65. The molecular weight excluding hydrogens is 230 g/mol. The highest BCUT2D eigenvalue weighted by Crippen LogP contribution is 2.30. The summed E-state index contributed by atoms with van der Waals surface area (Å²) in [4.78, 5) is 10.7. The molecular formula is C12H14F2O3. The highest BCUT2D eigenvalue weighted by Gasteiger charge is 2.17. The molecule has 0 amide bonds. The summed E-state index contributed by atoms with van der Waals surface area (Å²) in [5.41, 5.74) is 0.360. The molecule has 0 bridgehead atoms. The molecule has 0 heterocycles. The van der Waals surface area contributed by atoms with Crippen LogP contribution in [0.3, 0.4) is 0 Å². The Morgan fingerprint density at radius 1 is 1.47 bits per heavy atom. The van der Waals surface area contributed by atoms with Crippen molar-refractivity contribution >= 4 is 5.97 Å². The fraction of sp³-hybridized carbons (Fsp3) is 0.417. The van der Waals surface area contributed by atoms with Crippen molar-refractivity contribution < 1.29 is 23.4 Å². The van der Waals surface area contributed by atoms with Crippen LogP contribution in [0.25, 0.3) is 0 Å². The molecule has 0 aliphatic carbocycles. The minimum absolute atomic E-state index is 0.117. The normalized spacial score (nSPS) is 12.5. The minimum Gasteiger partial charge on any atom is -0.496 e. The van der Waals surface area contributed by atoms with E-state index in [0.717, 1.165) is 0 Å². The Morgan fingerprint density at radius 3 is 2.59 bits per heavy atom. The Balaban J connectivity index is 2.96. The number of carbonyl (C=O) groups is 1. The molecule has 1 N–H and O–H groups in total. The number of rotatable bonds is 5. The van der Waals surface area contributed by atoms with E-state index in [9.17, 15) is 13.6 Å². The largest absolute Gasteiger partial charge is 0.496 e. The van der Waals surface area contributed by atoms with E-state index < -0.39 is 18.3 Å². The first kappa shape index (κ1) is 13.4. The van der Waals surface area contributed by atoms with Crippen LogP contribution in [0.4, 0.5) is 8.78 Å². The van der Waals surface area contributed by atoms with Crippen LogP contribution in [-0.4, -0.2) is 18.2 Å². The fourth-order valence-electron chi connectivity index (χ4n) is 1.52. The lowest BCUT2D eigenvalue weighted by Crippen LogP contribution is -2.12. The van der Waals surface area contributed by atoms with Gasteiger partial charge in [0.05, 0.1) is 18.6 Å². The molecule has 0 fully saturated rings. The molecule has 1 aromatic rings. The molecule has 94 valence electrons. The van der Waals surface area contributed by atoms with Crippen molar-refractivity contribution in [3.8, 4) is 5.75 Å². The summed E-state index contributed by atoms with van der Waals surface area (Å²) in [6.45, 7) is 1.54. The molecule has 1 aromatic carbocycles. The van der Waals surface area contributed by atoms with Gasteiger partial charge in [0, 0.05) is 0 Å². The van der Waals surface area contributed by atoms with E-state index >= 15 is 0 Å². The summed E-state index contributed by atoms with van der Waals surface area (Å²) in [5, 5.41) is 8.75. The lowest BCUT2D eigenvalue weighted by atomic mass is 9.99. The molecule has 3 nitrogen and oxygen atoms in total. The van der Waals surface area contributed by atoms with Crippen LogP contribution in [-0.2, 0) is 11.2 Å². The summed E-state index contributed by atoms with van der Waals surface area (Å²) in [6, 6.07) is 4.33. The number of aliphatic carboxylic acids is 1. The topological polar surface area (TPSA) is 46.5 Å². The van der Waals surface area contributed by atoms with E-state index in [4.69, 9.17) is 9.84 Å². The number of carboxylic acids is 1. The molecule has 0 aliphatic rings. The van der Waals surface area contributed by atoms with E-state index in [1.807, 2.05) is 0 Å². The van der Waals surface area contributed by atoms with Crippen LogP contribution in [0.5, 0.6) is 5.75 Å². The average molecular weight is 244 g/mol. The third kappa shape index (κ3) is 3.41. The van der Waals surface area contributed by atoms with Gasteiger partial charge >= 0.3 is 5.97 Å². The average Bonchev–Trinajstić information content (AvgIpc) is 2.28. The Kier molecular flexibility index (Phi) is 4.43. The van der Waals surface area contributed by atoms with Gasteiger partial charge in [-0.25, -0.2) is 8.78 Å². The van der Waals surface area contributed by atoms with Gasteiger partial charge in [-0.1, -0.05) is 13.0 Å². The lowest BCUT2D eigenvalue weighted by Gasteiger charge is -2.11. The second kappa shape index (κ2) is 5.61. The van der Waals surface area contributed by atoms with Gasteiger partial charge in [0.15, 0.2) is 0 Å². The van der Waals surface area contributed by atoms with E-state index in [2.05, 4.69) is 0 Å². The third-order valence-corrected chi connectivity index (χ3v) is 2.49. The highest BCUT2D eigenvalue weighted by molar-refractivity contribution is 5.69. The van der Waals surface area contributed by atoms with E-state index in [1.54, 1.807) is 6.07 Å². The van der Waals surface area contributed by atoms with Gasteiger partial charge in [0.1, 0.15) is 5.75 Å². The molecule has 1 unspecified atom stereocenters. The molecule has 17 heavy (non-hydrogen) atoms. The fourth-order valence-corrected chi connectivity index (χ4v) is 1.52. The van der Waals surface area contributed by atoms with Gasteiger partial charge in [-0.05, 0) is 24.1 Å². The van der Waals surface area contributed by atoms with Crippen molar-refractivity contribution in [3.05, 3.63) is 29.3 Å². The number of hydrogen-bond acceptors (Lipinski definition) is 2. The van der Waals surface area contributed by atoms with Crippen LogP contribution in [0.1, 0.15) is 24.5 Å². The SMILES string of the molecule is COc1ccc(CC(C)C(=O)O)cc1C(F)F. The maximum absolute atomic E-state index is 12.7. The van der Waals surface area contributed by atoms with Gasteiger partial charge in [0.25, 0.3) is 6.43 Å². The number of halogens is 2. The van der Waals surface area contributed by atoms with Crippen LogP contribution in [0.15, 0.2) is 18.2 Å². The third-order valence-electron chi connectivity index (χ3n) is 2.49. The molecule has 0 aliphatic heterocycles. The predicted molar refractivity (Wildman–Crippen MR) is 58.5 cm³/mol. The zero-order chi connectivity index (χ0) is 13.0. The summed E-state index contributed by atoms with van der Waals surface area (Å²) in [6.07, 6.45) is -2.41. The molecule has 0 aromatic heterocycles. The van der Waals surface area contributed by atoms with E-state index in [-0.39, 0.29) is 17.7 Å². The van der Waals surface area contributed by atoms with Crippen molar-refractivity contribution in [2.75, 3.05) is 7.11 Å². The maximum Gasteiger partial charge on any atom is 0.306 e. The number of carboxylic acid groups (broad SMARTS) is 1. The van der Waals surface area contributed by atoms with Gasteiger partial charge in [0.2, 0.25) is 0 Å². The standard InChI is InChI=1S/C12H14F2O3/c1-7(12(15)16)5-8-3-4-10(17-2)9(6-8)11(13)14/h3-4,6-7,11H,5H2,1-2H3,(H,15,16). The Bertz CT molecular complexity index is 405. The summed E-state index contributed by atoms with van der Waals surface area (Å²) in [7, 11) is 1.32. The smallest absolute Gasteiger partial charge is 0.306 e. The van der Waals surface area contributed by atoms with Crippen molar-refractivity contribution in [2.24, 2.45) is 5.92 Å². The quantitative estimate of drug-likeness (QED) is 0.866. The van der Waals surface area contributed by atoms with Crippen LogP contribution < -0.4 is 4.74 Å². The van der Waals surface area contributed by atoms with Crippen LogP contribution in [0, 0.1) is 5.92 Å². The molecule has 0 spiro atoms. The second-order valence-corrected chi connectivity index (χ2v) is 3.82. The molecule has 0 radical (unpaired) electrons. The second-order valence-electron chi connectivity index (χ2n) is 3.82. The number of alkyl halides is 2. The lowest BCUT2D eigenvalue weighted by molar-refractivity contribution is -0.141. The molecule has 0 saturated carbocycles. The van der Waals surface area contributed by atoms with E-state index in [1.165, 1.54) is 26.2 Å². The minimum atomic E-state index is -2.63. The monoisotopic (exact) mass is 244 g/mol. The Labute approximate surface area is 98.0 Å².